The molecule has 606 valence electrons. The van der Waals surface area contributed by atoms with E-state index in [9.17, 15) is 43.2 Å². The molecule has 102 heavy (non-hydrogen) atoms. The van der Waals surface area contributed by atoms with Crippen LogP contribution in [0.3, 0.4) is 0 Å². The number of hydrogen-bond donors (Lipinski definition) is 3. The fourth-order valence-corrected chi connectivity index (χ4v) is 14.5. The Balaban J connectivity index is 5.19. The first-order valence-electron chi connectivity index (χ1n) is 43.1. The SMILES string of the molecule is CCCCCCCCCCCCCCCCCCCCC(=O)OC[C@H](COP(=O)(O)OC[C@@H](O)COP(=O)(O)OC[C@@H](COC(=O)CCCCCCCCCC)OC(=O)CCCCCCCCCCCCCCCCCCCC)OC(=O)CCCCCCCCCCCCCCCCCC(C)C. The van der Waals surface area contributed by atoms with Gasteiger partial charge in [-0.15, -0.1) is 0 Å². The van der Waals surface area contributed by atoms with Gasteiger partial charge in [-0.1, -0.05) is 394 Å². The fraction of sp³-hybridized carbons (Fsp3) is 0.952. The van der Waals surface area contributed by atoms with Gasteiger partial charge < -0.3 is 33.8 Å². The van der Waals surface area contributed by atoms with Crippen LogP contribution in [0.4, 0.5) is 0 Å². The van der Waals surface area contributed by atoms with Gasteiger partial charge in [-0.05, 0) is 31.6 Å². The quantitative estimate of drug-likeness (QED) is 0.0222. The van der Waals surface area contributed by atoms with Crippen LogP contribution in [0.5, 0.6) is 0 Å². The number of rotatable bonds is 83. The number of ether oxygens (including phenoxy) is 4. The molecule has 2 unspecified atom stereocenters. The molecule has 5 atom stereocenters. The summed E-state index contributed by atoms with van der Waals surface area (Å²) >= 11 is 0. The van der Waals surface area contributed by atoms with Crippen molar-refractivity contribution < 1.29 is 80.2 Å². The zero-order valence-electron chi connectivity index (χ0n) is 66.8. The topological polar surface area (TPSA) is 237 Å². The molecule has 0 aromatic carbocycles. The van der Waals surface area contributed by atoms with Gasteiger partial charge in [0, 0.05) is 25.7 Å². The highest BCUT2D eigenvalue weighted by Crippen LogP contribution is 2.45. The van der Waals surface area contributed by atoms with Crippen molar-refractivity contribution in [2.75, 3.05) is 39.6 Å². The second kappa shape index (κ2) is 75.9. The van der Waals surface area contributed by atoms with E-state index in [0.29, 0.717) is 25.7 Å². The number of hydrogen-bond acceptors (Lipinski definition) is 15. The Kier molecular flexibility index (Phi) is 74.4. The van der Waals surface area contributed by atoms with Gasteiger partial charge in [-0.25, -0.2) is 9.13 Å². The maximum absolute atomic E-state index is 13.1. The van der Waals surface area contributed by atoms with Gasteiger partial charge in [0.05, 0.1) is 26.4 Å². The number of carbonyl (C=O) groups excluding carboxylic acids is 4. The molecule has 0 saturated heterocycles. The number of phosphoric acid groups is 2. The summed E-state index contributed by atoms with van der Waals surface area (Å²) in [6.07, 6.45) is 68.1. The average Bonchev–Trinajstić information content (AvgIpc) is 0.918. The van der Waals surface area contributed by atoms with Crippen LogP contribution in [0.2, 0.25) is 0 Å². The molecule has 0 aromatic rings. The number of unbranched alkanes of at least 4 members (excludes halogenated alkanes) is 55. The van der Waals surface area contributed by atoms with Crippen LogP contribution in [-0.4, -0.2) is 96.7 Å². The van der Waals surface area contributed by atoms with E-state index in [-0.39, 0.29) is 25.7 Å². The summed E-state index contributed by atoms with van der Waals surface area (Å²) in [5.41, 5.74) is 0. The molecule has 0 heterocycles. The first-order valence-corrected chi connectivity index (χ1v) is 46.1. The highest BCUT2D eigenvalue weighted by molar-refractivity contribution is 7.47. The monoisotopic (exact) mass is 1490 g/mol. The van der Waals surface area contributed by atoms with Crippen molar-refractivity contribution >= 4 is 39.5 Å². The van der Waals surface area contributed by atoms with Gasteiger partial charge in [0.25, 0.3) is 0 Å². The van der Waals surface area contributed by atoms with Crippen molar-refractivity contribution in [1.82, 2.24) is 0 Å². The highest BCUT2D eigenvalue weighted by atomic mass is 31.2. The van der Waals surface area contributed by atoms with Gasteiger partial charge in [0.15, 0.2) is 12.2 Å². The predicted octanol–water partition coefficient (Wildman–Crippen LogP) is 25.2. The predicted molar refractivity (Wildman–Crippen MR) is 418 cm³/mol. The van der Waals surface area contributed by atoms with E-state index in [0.717, 1.165) is 95.8 Å². The lowest BCUT2D eigenvalue weighted by Crippen LogP contribution is -2.30. The van der Waals surface area contributed by atoms with Crippen LogP contribution in [0.15, 0.2) is 0 Å². The largest absolute Gasteiger partial charge is 0.472 e. The average molecular weight is 1490 g/mol. The van der Waals surface area contributed by atoms with Crippen molar-refractivity contribution in [3.63, 3.8) is 0 Å². The van der Waals surface area contributed by atoms with Crippen molar-refractivity contribution in [2.45, 2.75) is 464 Å². The van der Waals surface area contributed by atoms with E-state index in [4.69, 9.17) is 37.0 Å². The molecule has 0 radical (unpaired) electrons. The molecule has 0 aromatic heterocycles. The van der Waals surface area contributed by atoms with E-state index in [2.05, 4.69) is 34.6 Å². The Hall–Kier alpha value is -1.94. The minimum absolute atomic E-state index is 0.109. The van der Waals surface area contributed by atoms with Crippen molar-refractivity contribution in [3.05, 3.63) is 0 Å². The van der Waals surface area contributed by atoms with Crippen LogP contribution in [0.1, 0.15) is 446 Å². The Morgan fingerprint density at radius 1 is 0.265 bits per heavy atom. The molecule has 0 aliphatic carbocycles. The number of phosphoric ester groups is 2. The number of aliphatic hydroxyl groups is 1. The second-order valence-electron chi connectivity index (χ2n) is 30.3. The van der Waals surface area contributed by atoms with Crippen molar-refractivity contribution in [1.29, 1.82) is 0 Å². The van der Waals surface area contributed by atoms with Crippen LogP contribution in [-0.2, 0) is 65.4 Å². The number of aliphatic hydroxyl groups excluding tert-OH is 1. The van der Waals surface area contributed by atoms with Gasteiger partial charge in [-0.2, -0.15) is 0 Å². The molecule has 0 aliphatic rings. The minimum Gasteiger partial charge on any atom is -0.462 e. The maximum Gasteiger partial charge on any atom is 0.472 e. The molecule has 0 bridgehead atoms. The van der Waals surface area contributed by atoms with Crippen LogP contribution in [0, 0.1) is 5.92 Å². The summed E-state index contributed by atoms with van der Waals surface area (Å²) in [5, 5.41) is 10.6. The summed E-state index contributed by atoms with van der Waals surface area (Å²) in [6.45, 7) is 7.35. The normalized spacial score (nSPS) is 13.8. The molecular formula is C83H162O17P2. The zero-order valence-corrected chi connectivity index (χ0v) is 68.5. The summed E-state index contributed by atoms with van der Waals surface area (Å²) < 4.78 is 68.7. The van der Waals surface area contributed by atoms with Gasteiger partial charge in [-0.3, -0.25) is 37.3 Å². The van der Waals surface area contributed by atoms with Crippen LogP contribution >= 0.6 is 15.6 Å². The molecule has 0 spiro atoms. The second-order valence-corrected chi connectivity index (χ2v) is 33.3. The standard InChI is InChI=1S/C83H162O17P2/c1-6-9-12-15-18-21-23-25-27-29-31-35-39-43-47-52-57-62-67-81(86)94-73-79(100-83(88)69-64-59-54-49-45-41-37-33-34-38-42-46-50-55-60-65-76(4)5)75-98-102(91,92)96-71-77(84)70-95-101(89,90)97-74-78(72-93-80(85)66-61-56-51-20-17-14-11-8-3)99-82(87)68-63-58-53-48-44-40-36-32-30-28-26-24-22-19-16-13-10-7-2/h76-79,84H,6-75H2,1-5H3,(H,89,90)(H,91,92)/t77-,78+,79+/m0/s1. The Labute approximate surface area is 626 Å². The molecule has 0 fully saturated rings. The molecular weight excluding hydrogens is 1330 g/mol. The lowest BCUT2D eigenvalue weighted by Gasteiger charge is -2.21. The molecule has 17 nitrogen and oxygen atoms in total. The third-order valence-electron chi connectivity index (χ3n) is 19.5. The highest BCUT2D eigenvalue weighted by Gasteiger charge is 2.30. The summed E-state index contributed by atoms with van der Waals surface area (Å²) in [6, 6.07) is 0. The Bertz CT molecular complexity index is 1940. The third kappa shape index (κ3) is 76.3. The summed E-state index contributed by atoms with van der Waals surface area (Å²) in [4.78, 5) is 73.0. The van der Waals surface area contributed by atoms with Crippen molar-refractivity contribution in [3.8, 4) is 0 Å². The summed E-state index contributed by atoms with van der Waals surface area (Å²) in [7, 11) is -9.92. The lowest BCUT2D eigenvalue weighted by molar-refractivity contribution is -0.161. The van der Waals surface area contributed by atoms with Gasteiger partial charge in [0.1, 0.15) is 19.3 Å². The molecule has 3 N–H and O–H groups in total. The van der Waals surface area contributed by atoms with E-state index >= 15 is 0 Å². The molecule has 0 rings (SSSR count). The number of carbonyl (C=O) groups is 4. The smallest absolute Gasteiger partial charge is 0.462 e. The van der Waals surface area contributed by atoms with Gasteiger partial charge >= 0.3 is 39.5 Å². The van der Waals surface area contributed by atoms with E-state index in [1.54, 1.807) is 0 Å². The lowest BCUT2D eigenvalue weighted by atomic mass is 10.0. The fourth-order valence-electron chi connectivity index (χ4n) is 12.9. The Morgan fingerprint density at radius 3 is 0.667 bits per heavy atom. The zero-order chi connectivity index (χ0) is 74.8. The first kappa shape index (κ1) is 100. The van der Waals surface area contributed by atoms with Crippen LogP contribution < -0.4 is 0 Å². The van der Waals surface area contributed by atoms with E-state index in [1.807, 2.05) is 0 Å². The Morgan fingerprint density at radius 2 is 0.451 bits per heavy atom. The minimum atomic E-state index is -4.96. The molecule has 0 aliphatic heterocycles. The maximum atomic E-state index is 13.1. The van der Waals surface area contributed by atoms with E-state index in [1.165, 1.54) is 270 Å². The number of esters is 4. The van der Waals surface area contributed by atoms with E-state index < -0.39 is 97.5 Å². The molecule has 19 heteroatoms. The molecule has 0 amide bonds. The summed E-state index contributed by atoms with van der Waals surface area (Å²) in [5.74, 6) is -1.30. The first-order chi connectivity index (χ1) is 49.5. The molecule has 0 saturated carbocycles. The third-order valence-corrected chi connectivity index (χ3v) is 21.4. The van der Waals surface area contributed by atoms with Gasteiger partial charge in [0.2, 0.25) is 0 Å². The van der Waals surface area contributed by atoms with Crippen molar-refractivity contribution in [2.24, 2.45) is 5.92 Å². The van der Waals surface area contributed by atoms with Crippen LogP contribution in [0.25, 0.3) is 0 Å².